The summed E-state index contributed by atoms with van der Waals surface area (Å²) in [5, 5.41) is 18.3. The van der Waals surface area contributed by atoms with Gasteiger partial charge in [0.1, 0.15) is 5.75 Å². The van der Waals surface area contributed by atoms with Crippen LogP contribution in [0.4, 0.5) is 0 Å². The minimum Gasteiger partial charge on any atom is -0.479 e. The first-order valence-corrected chi connectivity index (χ1v) is 6.75. The number of hydrogen-bond acceptors (Lipinski definition) is 3. The number of aliphatic hydroxyl groups is 1. The van der Waals surface area contributed by atoms with Gasteiger partial charge in [-0.15, -0.1) is 0 Å². The molecule has 0 saturated carbocycles. The molecule has 0 aromatic heterocycles. The Hall–Kier alpha value is -2.33. The molecule has 0 amide bonds. The summed E-state index contributed by atoms with van der Waals surface area (Å²) in [5.74, 6) is -0.470. The second-order valence-electron chi connectivity index (χ2n) is 4.92. The zero-order valence-corrected chi connectivity index (χ0v) is 12.0. The Morgan fingerprint density at radius 2 is 1.43 bits per heavy atom. The van der Waals surface area contributed by atoms with Crippen molar-refractivity contribution in [3.8, 4) is 16.9 Å². The summed E-state index contributed by atoms with van der Waals surface area (Å²) in [6.45, 7) is 3.22. The Bertz CT molecular complexity index is 600. The van der Waals surface area contributed by atoms with E-state index in [2.05, 4.69) is 0 Å². The predicted molar refractivity (Wildman–Crippen MR) is 80.2 cm³/mol. The summed E-state index contributed by atoms with van der Waals surface area (Å²) >= 11 is 0. The van der Waals surface area contributed by atoms with Crippen LogP contribution in [0.5, 0.6) is 5.75 Å². The van der Waals surface area contributed by atoms with Crippen molar-refractivity contribution in [1.29, 1.82) is 0 Å². The predicted octanol–water partition coefficient (Wildman–Crippen LogP) is 3.26. The van der Waals surface area contributed by atoms with Crippen molar-refractivity contribution >= 4 is 5.97 Å². The maximum atomic E-state index is 10.7. The number of aliphatic carboxylic acids is 1. The van der Waals surface area contributed by atoms with Gasteiger partial charge in [0, 0.05) is 0 Å². The van der Waals surface area contributed by atoms with Gasteiger partial charge in [-0.05, 0) is 42.7 Å². The zero-order valence-electron chi connectivity index (χ0n) is 12.0. The van der Waals surface area contributed by atoms with Crippen molar-refractivity contribution in [2.24, 2.45) is 0 Å². The molecule has 21 heavy (non-hydrogen) atoms. The summed E-state index contributed by atoms with van der Waals surface area (Å²) in [6, 6.07) is 14.9. The van der Waals surface area contributed by atoms with Crippen molar-refractivity contribution < 1.29 is 19.7 Å². The third-order valence-electron chi connectivity index (χ3n) is 3.24. The topological polar surface area (TPSA) is 66.8 Å². The van der Waals surface area contributed by atoms with E-state index in [0.717, 1.165) is 16.7 Å². The molecule has 2 aromatic rings. The molecule has 0 fully saturated rings. The lowest BCUT2D eigenvalue weighted by molar-refractivity contribution is -0.144. The van der Waals surface area contributed by atoms with Crippen LogP contribution >= 0.6 is 0 Å². The maximum Gasteiger partial charge on any atom is 0.344 e. The van der Waals surface area contributed by atoms with Crippen molar-refractivity contribution in [3.63, 3.8) is 0 Å². The highest BCUT2D eigenvalue weighted by atomic mass is 16.5. The van der Waals surface area contributed by atoms with E-state index in [1.54, 1.807) is 19.1 Å². The van der Waals surface area contributed by atoms with Gasteiger partial charge in [0.25, 0.3) is 0 Å². The van der Waals surface area contributed by atoms with E-state index in [1.807, 2.05) is 36.4 Å². The first-order valence-electron chi connectivity index (χ1n) is 6.75. The van der Waals surface area contributed by atoms with Crippen molar-refractivity contribution in [1.82, 2.24) is 0 Å². The number of aliphatic hydroxyl groups excluding tert-OH is 1. The van der Waals surface area contributed by atoms with Crippen LogP contribution in [0.25, 0.3) is 11.1 Å². The molecule has 0 heterocycles. The monoisotopic (exact) mass is 286 g/mol. The fraction of sp³-hybridized carbons (Fsp3) is 0.235. The van der Waals surface area contributed by atoms with Crippen LogP contribution < -0.4 is 4.74 Å². The lowest BCUT2D eigenvalue weighted by Crippen LogP contribution is -2.22. The largest absolute Gasteiger partial charge is 0.479 e. The molecule has 2 rings (SSSR count). The van der Waals surface area contributed by atoms with Crippen molar-refractivity contribution in [3.05, 3.63) is 54.1 Å². The van der Waals surface area contributed by atoms with E-state index >= 15 is 0 Å². The normalized spacial score (nSPS) is 13.5. The van der Waals surface area contributed by atoms with Gasteiger partial charge in [0.05, 0.1) is 6.10 Å². The Morgan fingerprint density at radius 3 is 1.86 bits per heavy atom. The third kappa shape index (κ3) is 3.83. The minimum absolute atomic E-state index is 0.479. The molecule has 0 saturated heterocycles. The number of benzene rings is 2. The van der Waals surface area contributed by atoms with Gasteiger partial charge in [-0.2, -0.15) is 0 Å². The maximum absolute atomic E-state index is 10.7. The minimum atomic E-state index is -0.993. The molecule has 0 radical (unpaired) electrons. The summed E-state index contributed by atoms with van der Waals surface area (Å²) in [6.07, 6.45) is -1.35. The summed E-state index contributed by atoms with van der Waals surface area (Å²) < 4.78 is 5.28. The van der Waals surface area contributed by atoms with Gasteiger partial charge in [0.15, 0.2) is 6.10 Å². The molecule has 0 aliphatic carbocycles. The van der Waals surface area contributed by atoms with Crippen LogP contribution in [0, 0.1) is 0 Å². The van der Waals surface area contributed by atoms with Crippen LogP contribution in [0.1, 0.15) is 25.5 Å². The number of ether oxygens (including phenoxy) is 1. The van der Waals surface area contributed by atoms with Gasteiger partial charge in [-0.3, -0.25) is 0 Å². The van der Waals surface area contributed by atoms with Crippen LogP contribution in [0.15, 0.2) is 48.5 Å². The van der Waals surface area contributed by atoms with E-state index in [9.17, 15) is 9.90 Å². The first-order chi connectivity index (χ1) is 9.97. The number of hydrogen-bond donors (Lipinski definition) is 2. The van der Waals surface area contributed by atoms with Gasteiger partial charge in [-0.25, -0.2) is 4.79 Å². The molecule has 4 nitrogen and oxygen atoms in total. The van der Waals surface area contributed by atoms with Crippen LogP contribution in [0.2, 0.25) is 0 Å². The molecule has 0 aliphatic heterocycles. The van der Waals surface area contributed by atoms with E-state index in [0.29, 0.717) is 5.75 Å². The Morgan fingerprint density at radius 1 is 0.952 bits per heavy atom. The van der Waals surface area contributed by atoms with Crippen molar-refractivity contribution in [2.75, 3.05) is 0 Å². The van der Waals surface area contributed by atoms with Gasteiger partial charge in [-0.1, -0.05) is 36.4 Å². The van der Waals surface area contributed by atoms with Gasteiger partial charge >= 0.3 is 5.97 Å². The molecular formula is C17H18O4. The second-order valence-corrected chi connectivity index (χ2v) is 4.92. The molecule has 2 unspecified atom stereocenters. The Balaban J connectivity index is 2.13. The SMILES string of the molecule is CC(Oc1ccc(-c2ccc(C(C)O)cc2)cc1)C(=O)O. The molecular weight excluding hydrogens is 268 g/mol. The Kier molecular flexibility index (Phi) is 4.60. The van der Waals surface area contributed by atoms with Crippen LogP contribution in [0.3, 0.4) is 0 Å². The number of carboxylic acid groups (broad SMARTS) is 1. The molecule has 2 aromatic carbocycles. The molecule has 0 bridgehead atoms. The number of carbonyl (C=O) groups is 1. The average molecular weight is 286 g/mol. The van der Waals surface area contributed by atoms with E-state index in [-0.39, 0.29) is 0 Å². The molecule has 0 aliphatic rings. The van der Waals surface area contributed by atoms with Crippen LogP contribution in [-0.2, 0) is 4.79 Å². The second kappa shape index (κ2) is 6.41. The zero-order chi connectivity index (χ0) is 15.4. The fourth-order valence-electron chi connectivity index (χ4n) is 1.93. The van der Waals surface area contributed by atoms with E-state index in [4.69, 9.17) is 9.84 Å². The average Bonchev–Trinajstić information content (AvgIpc) is 2.48. The standard InChI is InChI=1S/C17H18O4/c1-11(18)13-3-5-14(6-4-13)15-7-9-16(10-8-15)21-12(2)17(19)20/h3-12,18H,1-2H3,(H,19,20). The van der Waals surface area contributed by atoms with E-state index < -0.39 is 18.2 Å². The highest BCUT2D eigenvalue weighted by Gasteiger charge is 2.12. The number of carboxylic acids is 1. The first kappa shape index (κ1) is 15.1. The molecule has 0 spiro atoms. The molecule has 2 atom stereocenters. The van der Waals surface area contributed by atoms with Gasteiger partial charge < -0.3 is 14.9 Å². The molecule has 4 heteroatoms. The quantitative estimate of drug-likeness (QED) is 0.885. The van der Waals surface area contributed by atoms with Crippen LogP contribution in [-0.4, -0.2) is 22.3 Å². The Labute approximate surface area is 123 Å². The number of rotatable bonds is 5. The fourth-order valence-corrected chi connectivity index (χ4v) is 1.93. The van der Waals surface area contributed by atoms with E-state index in [1.165, 1.54) is 6.92 Å². The molecule has 2 N–H and O–H groups in total. The van der Waals surface area contributed by atoms with Gasteiger partial charge in [0.2, 0.25) is 0 Å². The molecule has 110 valence electrons. The lowest BCUT2D eigenvalue weighted by atomic mass is 10.0. The highest BCUT2D eigenvalue weighted by molar-refractivity contribution is 5.72. The smallest absolute Gasteiger partial charge is 0.344 e. The summed E-state index contributed by atoms with van der Waals surface area (Å²) in [7, 11) is 0. The van der Waals surface area contributed by atoms with Crippen molar-refractivity contribution in [2.45, 2.75) is 26.1 Å². The third-order valence-corrected chi connectivity index (χ3v) is 3.24. The summed E-state index contributed by atoms with van der Waals surface area (Å²) in [4.78, 5) is 10.7. The summed E-state index contributed by atoms with van der Waals surface area (Å²) in [5.41, 5.74) is 2.90. The highest BCUT2D eigenvalue weighted by Crippen LogP contribution is 2.24. The lowest BCUT2D eigenvalue weighted by Gasteiger charge is -2.11.